The third-order valence-electron chi connectivity index (χ3n) is 2.43. The summed E-state index contributed by atoms with van der Waals surface area (Å²) in [5.74, 6) is -0.480. The Balaban J connectivity index is 2.11. The van der Waals surface area contributed by atoms with Gasteiger partial charge in [-0.05, 0) is 31.2 Å². The number of phenolic OH excluding ortho intramolecular Hbond substituents is 2. The highest BCUT2D eigenvalue weighted by molar-refractivity contribution is 6.00. The Morgan fingerprint density at radius 3 is 2.74 bits per heavy atom. The molecule has 0 aliphatic rings. The van der Waals surface area contributed by atoms with Gasteiger partial charge in [0, 0.05) is 6.07 Å². The summed E-state index contributed by atoms with van der Waals surface area (Å²) >= 11 is 0. The van der Waals surface area contributed by atoms with E-state index < -0.39 is 5.91 Å². The van der Waals surface area contributed by atoms with Crippen molar-refractivity contribution in [2.75, 3.05) is 0 Å². The first-order valence-corrected chi connectivity index (χ1v) is 5.48. The standard InChI is InChI=1S/C13H12N2O4/c1-8(12-3-2-6-19-12)14-15-13(18)10-5-4-9(16)7-11(10)17/h2-7,16-17H,1H3,(H,15,18)/b14-8-. The van der Waals surface area contributed by atoms with Crippen molar-refractivity contribution in [2.24, 2.45) is 5.10 Å². The number of carbonyl (C=O) groups excluding carboxylic acids is 1. The molecule has 0 radical (unpaired) electrons. The number of furan rings is 1. The molecule has 0 aliphatic carbocycles. The van der Waals surface area contributed by atoms with Crippen LogP contribution in [0.5, 0.6) is 11.5 Å². The van der Waals surface area contributed by atoms with Crippen LogP contribution in [-0.4, -0.2) is 21.8 Å². The van der Waals surface area contributed by atoms with Crippen molar-refractivity contribution in [3.8, 4) is 11.5 Å². The Kier molecular flexibility index (Phi) is 3.51. The van der Waals surface area contributed by atoms with Gasteiger partial charge < -0.3 is 14.6 Å². The molecule has 2 aromatic rings. The number of hydrogen-bond acceptors (Lipinski definition) is 5. The molecule has 0 bridgehead atoms. The minimum absolute atomic E-state index is 0.0220. The van der Waals surface area contributed by atoms with Crippen LogP contribution in [0.4, 0.5) is 0 Å². The first-order chi connectivity index (χ1) is 9.08. The van der Waals surface area contributed by atoms with Crippen LogP contribution in [0.15, 0.2) is 46.1 Å². The lowest BCUT2D eigenvalue weighted by Crippen LogP contribution is -2.19. The molecule has 0 unspecified atom stereocenters. The van der Waals surface area contributed by atoms with E-state index in [-0.39, 0.29) is 17.1 Å². The predicted octanol–water partition coefficient (Wildman–Crippen LogP) is 1.84. The van der Waals surface area contributed by atoms with Gasteiger partial charge in [0.15, 0.2) is 0 Å². The molecule has 1 aromatic heterocycles. The number of hydrazone groups is 1. The Hall–Kier alpha value is -2.76. The number of hydrogen-bond donors (Lipinski definition) is 3. The van der Waals surface area contributed by atoms with Crippen molar-refractivity contribution in [1.29, 1.82) is 0 Å². The van der Waals surface area contributed by atoms with Gasteiger partial charge in [0.05, 0.1) is 11.8 Å². The number of nitrogens with zero attached hydrogens (tertiary/aromatic N) is 1. The second-order valence-corrected chi connectivity index (χ2v) is 3.82. The number of phenols is 2. The fourth-order valence-electron chi connectivity index (χ4n) is 1.45. The second-order valence-electron chi connectivity index (χ2n) is 3.82. The van der Waals surface area contributed by atoms with Gasteiger partial charge in [-0.3, -0.25) is 4.79 Å². The number of aromatic hydroxyl groups is 2. The van der Waals surface area contributed by atoms with Crippen LogP contribution in [0.1, 0.15) is 23.0 Å². The lowest BCUT2D eigenvalue weighted by Gasteiger charge is -2.04. The van der Waals surface area contributed by atoms with Crippen molar-refractivity contribution in [3.63, 3.8) is 0 Å². The molecule has 1 heterocycles. The van der Waals surface area contributed by atoms with Gasteiger partial charge in [-0.25, -0.2) is 5.43 Å². The minimum atomic E-state index is -0.580. The van der Waals surface area contributed by atoms with Gasteiger partial charge in [0.1, 0.15) is 23.0 Å². The van der Waals surface area contributed by atoms with Crippen LogP contribution in [0, 0.1) is 0 Å². The third-order valence-corrected chi connectivity index (χ3v) is 2.43. The van der Waals surface area contributed by atoms with Gasteiger partial charge in [0.2, 0.25) is 0 Å². The van der Waals surface area contributed by atoms with Crippen molar-refractivity contribution in [2.45, 2.75) is 6.92 Å². The van der Waals surface area contributed by atoms with E-state index in [4.69, 9.17) is 9.52 Å². The first kappa shape index (κ1) is 12.7. The quantitative estimate of drug-likeness (QED) is 0.579. The zero-order chi connectivity index (χ0) is 13.8. The van der Waals surface area contributed by atoms with Crippen molar-refractivity contribution in [3.05, 3.63) is 47.9 Å². The molecule has 1 amide bonds. The predicted molar refractivity (Wildman–Crippen MR) is 68.2 cm³/mol. The lowest BCUT2D eigenvalue weighted by atomic mass is 10.2. The molecule has 0 atom stereocenters. The molecule has 0 spiro atoms. The highest BCUT2D eigenvalue weighted by atomic mass is 16.3. The summed E-state index contributed by atoms with van der Waals surface area (Å²) < 4.78 is 5.11. The summed E-state index contributed by atoms with van der Waals surface area (Å²) in [6.07, 6.45) is 1.50. The number of rotatable bonds is 3. The summed E-state index contributed by atoms with van der Waals surface area (Å²) in [5, 5.41) is 22.5. The molecule has 19 heavy (non-hydrogen) atoms. The van der Waals surface area contributed by atoms with E-state index in [1.165, 1.54) is 18.4 Å². The van der Waals surface area contributed by atoms with Crippen LogP contribution in [0.3, 0.4) is 0 Å². The summed E-state index contributed by atoms with van der Waals surface area (Å²) in [5.41, 5.74) is 2.81. The Morgan fingerprint density at radius 1 is 1.32 bits per heavy atom. The summed E-state index contributed by atoms with van der Waals surface area (Å²) in [4.78, 5) is 11.8. The van der Waals surface area contributed by atoms with Crippen LogP contribution >= 0.6 is 0 Å². The molecule has 98 valence electrons. The van der Waals surface area contributed by atoms with E-state index in [0.717, 1.165) is 6.07 Å². The summed E-state index contributed by atoms with van der Waals surface area (Å²) in [7, 11) is 0. The smallest absolute Gasteiger partial charge is 0.275 e. The average Bonchev–Trinajstić information content (AvgIpc) is 2.89. The third kappa shape index (κ3) is 2.92. The molecular formula is C13H12N2O4. The minimum Gasteiger partial charge on any atom is -0.508 e. The fraction of sp³-hybridized carbons (Fsp3) is 0.0769. The average molecular weight is 260 g/mol. The monoisotopic (exact) mass is 260 g/mol. The normalized spacial score (nSPS) is 11.3. The van der Waals surface area contributed by atoms with E-state index in [1.54, 1.807) is 19.1 Å². The molecular weight excluding hydrogens is 248 g/mol. The van der Waals surface area contributed by atoms with E-state index in [1.807, 2.05) is 0 Å². The van der Waals surface area contributed by atoms with E-state index in [0.29, 0.717) is 11.5 Å². The van der Waals surface area contributed by atoms with E-state index in [9.17, 15) is 9.90 Å². The largest absolute Gasteiger partial charge is 0.508 e. The Morgan fingerprint density at radius 2 is 2.11 bits per heavy atom. The maximum atomic E-state index is 11.8. The van der Waals surface area contributed by atoms with Gasteiger partial charge in [-0.15, -0.1) is 0 Å². The van der Waals surface area contributed by atoms with Crippen LogP contribution < -0.4 is 5.43 Å². The molecule has 0 saturated heterocycles. The van der Waals surface area contributed by atoms with Crippen molar-refractivity contribution < 1.29 is 19.4 Å². The zero-order valence-electron chi connectivity index (χ0n) is 10.1. The Bertz CT molecular complexity index is 618. The molecule has 1 aromatic carbocycles. The van der Waals surface area contributed by atoms with Crippen LogP contribution in [0.2, 0.25) is 0 Å². The van der Waals surface area contributed by atoms with Gasteiger partial charge in [0.25, 0.3) is 5.91 Å². The molecule has 0 saturated carbocycles. The molecule has 3 N–H and O–H groups in total. The van der Waals surface area contributed by atoms with Crippen molar-refractivity contribution >= 4 is 11.6 Å². The molecule has 0 aliphatic heterocycles. The summed E-state index contributed by atoms with van der Waals surface area (Å²) in [6.45, 7) is 1.68. The highest BCUT2D eigenvalue weighted by Crippen LogP contribution is 2.22. The number of benzene rings is 1. The topological polar surface area (TPSA) is 95.1 Å². The number of amides is 1. The Labute approximate surface area is 109 Å². The van der Waals surface area contributed by atoms with Crippen LogP contribution in [0.25, 0.3) is 0 Å². The molecule has 2 rings (SSSR count). The van der Waals surface area contributed by atoms with Crippen LogP contribution in [-0.2, 0) is 0 Å². The molecule has 6 heteroatoms. The summed E-state index contributed by atoms with van der Waals surface area (Å²) in [6, 6.07) is 7.11. The molecule has 0 fully saturated rings. The SMILES string of the molecule is C/C(=N/NC(=O)c1ccc(O)cc1O)c1ccco1. The van der Waals surface area contributed by atoms with Gasteiger partial charge in [-0.1, -0.05) is 0 Å². The van der Waals surface area contributed by atoms with Gasteiger partial charge in [-0.2, -0.15) is 5.10 Å². The van der Waals surface area contributed by atoms with Gasteiger partial charge >= 0.3 is 0 Å². The first-order valence-electron chi connectivity index (χ1n) is 5.48. The highest BCUT2D eigenvalue weighted by Gasteiger charge is 2.11. The maximum absolute atomic E-state index is 11.8. The zero-order valence-corrected chi connectivity index (χ0v) is 10.1. The molecule has 6 nitrogen and oxygen atoms in total. The lowest BCUT2D eigenvalue weighted by molar-refractivity contribution is 0.0952. The second kappa shape index (κ2) is 5.26. The van der Waals surface area contributed by atoms with E-state index >= 15 is 0 Å². The maximum Gasteiger partial charge on any atom is 0.275 e. The number of carbonyl (C=O) groups is 1. The van der Waals surface area contributed by atoms with E-state index in [2.05, 4.69) is 10.5 Å². The number of nitrogens with one attached hydrogen (secondary N) is 1. The fourth-order valence-corrected chi connectivity index (χ4v) is 1.45. The van der Waals surface area contributed by atoms with Crippen molar-refractivity contribution in [1.82, 2.24) is 5.43 Å².